The van der Waals surface area contributed by atoms with E-state index in [9.17, 15) is 9.59 Å². The van der Waals surface area contributed by atoms with E-state index in [1.807, 2.05) is 6.07 Å². The number of imide groups is 1. The minimum absolute atomic E-state index is 0.217. The van der Waals surface area contributed by atoms with Gasteiger partial charge in [-0.1, -0.05) is 0 Å². The zero-order valence-corrected chi connectivity index (χ0v) is 11.4. The van der Waals surface area contributed by atoms with Gasteiger partial charge < -0.3 is 4.42 Å². The van der Waals surface area contributed by atoms with E-state index in [0.29, 0.717) is 24.1 Å². The third-order valence-corrected chi connectivity index (χ3v) is 3.55. The number of aromatic nitrogens is 1. The number of nitrogens with one attached hydrogen (secondary N) is 1. The molecule has 5 nitrogen and oxygen atoms in total. The van der Waals surface area contributed by atoms with Crippen LogP contribution in [0.5, 0.6) is 0 Å². The van der Waals surface area contributed by atoms with E-state index in [1.165, 1.54) is 0 Å². The van der Waals surface area contributed by atoms with Gasteiger partial charge in [-0.25, -0.2) is 0 Å². The maximum atomic E-state index is 11.9. The molecule has 6 heteroatoms. The van der Waals surface area contributed by atoms with E-state index in [-0.39, 0.29) is 17.7 Å². The fourth-order valence-electron chi connectivity index (χ4n) is 2.18. The number of fused-ring (bicyclic) bond motifs is 1. The maximum absolute atomic E-state index is 11.9. The van der Waals surface area contributed by atoms with Crippen LogP contribution in [0.1, 0.15) is 24.5 Å². The molecule has 0 aliphatic carbocycles. The number of nitrogens with zero attached hydrogens (tertiary/aromatic N) is 1. The Bertz CT molecular complexity index is 650. The van der Waals surface area contributed by atoms with Crippen LogP contribution in [0.3, 0.4) is 0 Å². The lowest BCUT2D eigenvalue weighted by Crippen LogP contribution is -2.39. The summed E-state index contributed by atoms with van der Waals surface area (Å²) in [7, 11) is 0. The molecule has 1 unspecified atom stereocenters. The van der Waals surface area contributed by atoms with Crippen molar-refractivity contribution in [3.05, 3.63) is 27.8 Å². The highest BCUT2D eigenvalue weighted by Crippen LogP contribution is 2.31. The minimum atomic E-state index is -0.375. The Morgan fingerprint density at radius 2 is 2.28 bits per heavy atom. The Labute approximate surface area is 116 Å². The van der Waals surface area contributed by atoms with Gasteiger partial charge in [0.15, 0.2) is 3.77 Å². The van der Waals surface area contributed by atoms with Crippen molar-refractivity contribution in [2.75, 3.05) is 0 Å². The number of pyridine rings is 1. The first-order valence-corrected chi connectivity index (χ1v) is 6.60. The summed E-state index contributed by atoms with van der Waals surface area (Å²) in [5.74, 6) is -0.868. The summed E-state index contributed by atoms with van der Waals surface area (Å²) in [6.45, 7) is 0. The van der Waals surface area contributed by atoms with Gasteiger partial charge in [0.25, 0.3) is 0 Å². The Kier molecular flexibility index (Phi) is 2.81. The average molecular weight is 356 g/mol. The summed E-state index contributed by atoms with van der Waals surface area (Å²) in [5.41, 5.74) is 1.40. The van der Waals surface area contributed by atoms with E-state index < -0.39 is 0 Å². The van der Waals surface area contributed by atoms with Gasteiger partial charge in [-0.15, -0.1) is 0 Å². The van der Waals surface area contributed by atoms with E-state index >= 15 is 0 Å². The van der Waals surface area contributed by atoms with Gasteiger partial charge in [0.1, 0.15) is 5.58 Å². The predicted molar refractivity (Wildman–Crippen MR) is 71.9 cm³/mol. The van der Waals surface area contributed by atoms with Crippen molar-refractivity contribution < 1.29 is 14.0 Å². The first kappa shape index (κ1) is 11.6. The molecule has 0 spiro atoms. The SMILES string of the molecule is O=C1CCC(c2nccc3oc(I)cc23)C(=O)N1. The fraction of sp³-hybridized carbons (Fsp3) is 0.250. The van der Waals surface area contributed by atoms with Crippen LogP contribution < -0.4 is 5.32 Å². The molecule has 1 aliphatic heterocycles. The molecule has 1 fully saturated rings. The van der Waals surface area contributed by atoms with Crippen molar-refractivity contribution in [1.82, 2.24) is 10.3 Å². The van der Waals surface area contributed by atoms with Crippen LogP contribution in [-0.4, -0.2) is 16.8 Å². The third kappa shape index (κ3) is 1.90. The van der Waals surface area contributed by atoms with Gasteiger partial charge in [-0.05, 0) is 41.1 Å². The topological polar surface area (TPSA) is 72.2 Å². The number of hydrogen-bond acceptors (Lipinski definition) is 4. The quantitative estimate of drug-likeness (QED) is 0.626. The van der Waals surface area contributed by atoms with E-state index in [0.717, 1.165) is 9.15 Å². The molecule has 2 amide bonds. The lowest BCUT2D eigenvalue weighted by Gasteiger charge is -2.20. The Morgan fingerprint density at radius 1 is 1.44 bits per heavy atom. The molecule has 0 bridgehead atoms. The molecule has 18 heavy (non-hydrogen) atoms. The summed E-state index contributed by atoms with van der Waals surface area (Å²) in [5, 5.41) is 3.19. The van der Waals surface area contributed by atoms with Crippen LogP contribution in [0.15, 0.2) is 22.7 Å². The normalized spacial score (nSPS) is 20.2. The summed E-state index contributed by atoms with van der Waals surface area (Å²) in [4.78, 5) is 27.3. The summed E-state index contributed by atoms with van der Waals surface area (Å²) in [6.07, 6.45) is 2.48. The van der Waals surface area contributed by atoms with Crippen molar-refractivity contribution in [1.29, 1.82) is 0 Å². The second kappa shape index (κ2) is 4.34. The molecular weight excluding hydrogens is 347 g/mol. The molecule has 3 rings (SSSR count). The highest BCUT2D eigenvalue weighted by molar-refractivity contribution is 14.1. The second-order valence-corrected chi connectivity index (χ2v) is 5.23. The first-order valence-electron chi connectivity index (χ1n) is 5.53. The Balaban J connectivity index is 2.08. The van der Waals surface area contributed by atoms with Crippen LogP contribution in [0.4, 0.5) is 0 Å². The van der Waals surface area contributed by atoms with Crippen LogP contribution in [0, 0.1) is 3.77 Å². The number of hydrogen-bond donors (Lipinski definition) is 1. The summed E-state index contributed by atoms with van der Waals surface area (Å²) in [6, 6.07) is 3.63. The van der Waals surface area contributed by atoms with Crippen molar-refractivity contribution in [2.45, 2.75) is 18.8 Å². The zero-order chi connectivity index (χ0) is 12.7. The lowest BCUT2D eigenvalue weighted by atomic mass is 9.92. The standard InChI is InChI=1S/C12H9IN2O3/c13-9-5-7-8(18-9)3-4-14-11(7)6-1-2-10(16)15-12(6)17/h3-6H,1-2H2,(H,15,16,17). The highest BCUT2D eigenvalue weighted by Gasteiger charge is 2.30. The largest absolute Gasteiger partial charge is 0.450 e. The van der Waals surface area contributed by atoms with Gasteiger partial charge in [-0.3, -0.25) is 19.9 Å². The molecule has 0 aromatic carbocycles. The average Bonchev–Trinajstić information content (AvgIpc) is 2.69. The molecule has 2 aromatic rings. The highest BCUT2D eigenvalue weighted by atomic mass is 127. The molecule has 2 aromatic heterocycles. The second-order valence-electron chi connectivity index (χ2n) is 4.16. The molecule has 1 N–H and O–H groups in total. The molecule has 0 saturated carbocycles. The Morgan fingerprint density at radius 3 is 3.06 bits per heavy atom. The lowest BCUT2D eigenvalue weighted by molar-refractivity contribution is -0.134. The van der Waals surface area contributed by atoms with E-state index in [2.05, 4.69) is 32.9 Å². The molecule has 3 heterocycles. The van der Waals surface area contributed by atoms with Gasteiger partial charge in [0.2, 0.25) is 11.8 Å². The molecule has 0 radical (unpaired) electrons. The van der Waals surface area contributed by atoms with Crippen LogP contribution >= 0.6 is 22.6 Å². The van der Waals surface area contributed by atoms with Crippen LogP contribution in [0.2, 0.25) is 0 Å². The fourth-order valence-corrected chi connectivity index (χ4v) is 2.73. The van der Waals surface area contributed by atoms with Crippen molar-refractivity contribution >= 4 is 45.4 Å². The van der Waals surface area contributed by atoms with Gasteiger partial charge in [0, 0.05) is 18.0 Å². The first-order chi connectivity index (χ1) is 8.65. The van der Waals surface area contributed by atoms with Gasteiger partial charge >= 0.3 is 0 Å². The van der Waals surface area contributed by atoms with Crippen molar-refractivity contribution in [2.24, 2.45) is 0 Å². The number of carbonyl (C=O) groups excluding carboxylic acids is 2. The zero-order valence-electron chi connectivity index (χ0n) is 9.27. The van der Waals surface area contributed by atoms with Gasteiger partial charge in [-0.2, -0.15) is 0 Å². The summed E-state index contributed by atoms with van der Waals surface area (Å²) >= 11 is 2.08. The maximum Gasteiger partial charge on any atom is 0.235 e. The smallest absolute Gasteiger partial charge is 0.235 e. The van der Waals surface area contributed by atoms with E-state index in [4.69, 9.17) is 4.42 Å². The minimum Gasteiger partial charge on any atom is -0.450 e. The number of rotatable bonds is 1. The number of carbonyl (C=O) groups is 2. The number of furan rings is 1. The van der Waals surface area contributed by atoms with Crippen LogP contribution in [-0.2, 0) is 9.59 Å². The Hall–Kier alpha value is -1.44. The van der Waals surface area contributed by atoms with Crippen molar-refractivity contribution in [3.8, 4) is 0 Å². The van der Waals surface area contributed by atoms with Crippen LogP contribution in [0.25, 0.3) is 11.0 Å². The predicted octanol–water partition coefficient (Wildman–Crippen LogP) is 1.95. The number of halogens is 1. The molecule has 1 aliphatic rings. The monoisotopic (exact) mass is 356 g/mol. The number of piperidine rings is 1. The molecular formula is C12H9IN2O3. The van der Waals surface area contributed by atoms with Gasteiger partial charge in [0.05, 0.1) is 11.6 Å². The molecule has 92 valence electrons. The number of amides is 2. The molecule has 1 atom stereocenters. The third-order valence-electron chi connectivity index (χ3n) is 3.02. The summed E-state index contributed by atoms with van der Waals surface area (Å²) < 4.78 is 6.26. The van der Waals surface area contributed by atoms with Crippen molar-refractivity contribution in [3.63, 3.8) is 0 Å². The van der Waals surface area contributed by atoms with E-state index in [1.54, 1.807) is 12.3 Å². The molecule has 1 saturated heterocycles.